The van der Waals surface area contributed by atoms with Gasteiger partial charge in [0.2, 0.25) is 0 Å². The molecule has 3 aromatic carbocycles. The Bertz CT molecular complexity index is 1660. The zero-order valence-corrected chi connectivity index (χ0v) is 25.2. The van der Waals surface area contributed by atoms with Gasteiger partial charge >= 0.3 is 0 Å². The molecular weight excluding hydrogens is 584 g/mol. The molecule has 0 aliphatic rings. The first-order valence-corrected chi connectivity index (χ1v) is 14.1. The number of fused-ring (bicyclic) bond motifs is 1. The summed E-state index contributed by atoms with van der Waals surface area (Å²) in [6.07, 6.45) is 4.61. The van der Waals surface area contributed by atoms with Crippen LogP contribution in [0.2, 0.25) is 0 Å². The number of methoxy groups -OCH3 is 1. The molecule has 0 bridgehead atoms. The first-order chi connectivity index (χ1) is 19.7. The third-order valence-electron chi connectivity index (χ3n) is 6.63. The summed E-state index contributed by atoms with van der Waals surface area (Å²) in [5.41, 5.74) is 3.62. The van der Waals surface area contributed by atoms with Gasteiger partial charge in [0.1, 0.15) is 5.82 Å². The Hall–Kier alpha value is -4.24. The van der Waals surface area contributed by atoms with E-state index in [0.717, 1.165) is 22.0 Å². The van der Waals surface area contributed by atoms with Crippen molar-refractivity contribution in [2.75, 3.05) is 19.0 Å². The first kappa shape index (κ1) is 29.7. The average Bonchev–Trinajstić information content (AvgIpc) is 2.97. The number of ether oxygens (including phenoxy) is 2. The van der Waals surface area contributed by atoms with Gasteiger partial charge in [-0.15, -0.1) is 6.58 Å². The molecule has 0 fully saturated rings. The van der Waals surface area contributed by atoms with Crippen LogP contribution >= 0.6 is 15.9 Å². The van der Waals surface area contributed by atoms with Gasteiger partial charge in [-0.3, -0.25) is 9.59 Å². The molecule has 4 aromatic rings. The van der Waals surface area contributed by atoms with Crippen LogP contribution in [0.5, 0.6) is 11.5 Å². The molecule has 1 atom stereocenters. The summed E-state index contributed by atoms with van der Waals surface area (Å²) in [6.45, 7) is 9.70. The molecule has 212 valence electrons. The Kier molecular flexibility index (Phi) is 9.73. The maximum atomic E-state index is 13.5. The zero-order valence-electron chi connectivity index (χ0n) is 23.6. The Labute approximate surface area is 247 Å². The Morgan fingerprint density at radius 3 is 2.63 bits per heavy atom. The van der Waals surface area contributed by atoms with Crippen molar-refractivity contribution < 1.29 is 14.3 Å². The largest absolute Gasteiger partial charge is 0.493 e. The van der Waals surface area contributed by atoms with Crippen molar-refractivity contribution in [3.8, 4) is 11.5 Å². The summed E-state index contributed by atoms with van der Waals surface area (Å²) in [5.74, 6) is 1.18. The monoisotopic (exact) mass is 616 g/mol. The number of amides is 1. The molecule has 1 heterocycles. The average molecular weight is 618 g/mol. The highest BCUT2D eigenvalue weighted by Gasteiger charge is 2.17. The van der Waals surface area contributed by atoms with E-state index < -0.39 is 0 Å². The van der Waals surface area contributed by atoms with Gasteiger partial charge in [0.25, 0.3) is 11.5 Å². The van der Waals surface area contributed by atoms with Gasteiger partial charge in [0.15, 0.2) is 18.1 Å². The van der Waals surface area contributed by atoms with Crippen LogP contribution in [0.4, 0.5) is 5.69 Å². The SMILES string of the molecule is C=CCc1cc(C=Nn2c([C@H](C)CC)nc3ccc(Br)cc3c2=O)cc(OC)c1OCC(=O)Nc1ccc(C)cc1. The molecular formula is C32H33BrN4O4. The lowest BCUT2D eigenvalue weighted by molar-refractivity contribution is -0.118. The highest BCUT2D eigenvalue weighted by Crippen LogP contribution is 2.33. The molecule has 0 aliphatic carbocycles. The summed E-state index contributed by atoms with van der Waals surface area (Å²) in [5, 5.41) is 7.88. The summed E-state index contributed by atoms with van der Waals surface area (Å²) in [6, 6.07) is 16.6. The van der Waals surface area contributed by atoms with Gasteiger partial charge in [-0.05, 0) is 67.8 Å². The predicted molar refractivity (Wildman–Crippen MR) is 168 cm³/mol. The van der Waals surface area contributed by atoms with E-state index in [1.165, 1.54) is 11.8 Å². The summed E-state index contributed by atoms with van der Waals surface area (Å²) in [7, 11) is 1.53. The third kappa shape index (κ3) is 7.10. The molecule has 41 heavy (non-hydrogen) atoms. The quantitative estimate of drug-likeness (QED) is 0.151. The Morgan fingerprint density at radius 2 is 1.95 bits per heavy atom. The highest BCUT2D eigenvalue weighted by atomic mass is 79.9. The van der Waals surface area contributed by atoms with Crippen LogP contribution in [0.25, 0.3) is 10.9 Å². The second kappa shape index (κ2) is 13.4. The van der Waals surface area contributed by atoms with Gasteiger partial charge in [-0.2, -0.15) is 9.78 Å². The van der Waals surface area contributed by atoms with Crippen LogP contribution in [-0.2, 0) is 11.2 Å². The molecule has 4 rings (SSSR count). The number of hydrogen-bond donors (Lipinski definition) is 1. The fraction of sp³-hybridized carbons (Fsp3) is 0.250. The first-order valence-electron chi connectivity index (χ1n) is 13.3. The Morgan fingerprint density at radius 1 is 1.20 bits per heavy atom. The molecule has 0 radical (unpaired) electrons. The fourth-order valence-electron chi connectivity index (χ4n) is 4.26. The van der Waals surface area contributed by atoms with E-state index in [2.05, 4.69) is 32.9 Å². The van der Waals surface area contributed by atoms with Crippen molar-refractivity contribution in [3.63, 3.8) is 0 Å². The molecule has 0 saturated heterocycles. The zero-order chi connectivity index (χ0) is 29.5. The topological polar surface area (TPSA) is 94.8 Å². The van der Waals surface area contributed by atoms with Gasteiger partial charge in [0.05, 0.1) is 24.2 Å². The van der Waals surface area contributed by atoms with Crippen molar-refractivity contribution in [1.82, 2.24) is 9.66 Å². The smallest absolute Gasteiger partial charge is 0.282 e. The minimum Gasteiger partial charge on any atom is -0.493 e. The molecule has 0 unspecified atom stereocenters. The van der Waals surface area contributed by atoms with Crippen molar-refractivity contribution in [3.05, 3.63) is 105 Å². The van der Waals surface area contributed by atoms with Gasteiger partial charge in [-0.1, -0.05) is 53.5 Å². The number of halogens is 1. The summed E-state index contributed by atoms with van der Waals surface area (Å²) in [4.78, 5) is 30.8. The predicted octanol–water partition coefficient (Wildman–Crippen LogP) is 6.62. The van der Waals surface area contributed by atoms with E-state index in [0.29, 0.717) is 45.9 Å². The fourth-order valence-corrected chi connectivity index (χ4v) is 4.62. The normalized spacial score (nSPS) is 11.9. The minimum atomic E-state index is -0.293. The number of nitrogens with zero attached hydrogens (tertiary/aromatic N) is 3. The van der Waals surface area contributed by atoms with Gasteiger partial charge in [0, 0.05) is 21.6 Å². The number of aryl methyl sites for hydroxylation is 1. The minimum absolute atomic E-state index is 0.0144. The van der Waals surface area contributed by atoms with Crippen LogP contribution < -0.4 is 20.3 Å². The molecule has 0 saturated carbocycles. The van der Waals surface area contributed by atoms with Gasteiger partial charge in [-0.25, -0.2) is 4.98 Å². The lowest BCUT2D eigenvalue weighted by Gasteiger charge is -2.16. The number of allylic oxidation sites excluding steroid dienone is 1. The van der Waals surface area contributed by atoms with Crippen LogP contribution in [0.3, 0.4) is 0 Å². The number of benzene rings is 3. The number of aromatic nitrogens is 2. The van der Waals surface area contributed by atoms with E-state index >= 15 is 0 Å². The number of rotatable bonds is 11. The van der Waals surface area contributed by atoms with E-state index in [-0.39, 0.29) is 24.0 Å². The number of carbonyl (C=O) groups is 1. The van der Waals surface area contributed by atoms with Crippen molar-refractivity contribution >= 4 is 44.6 Å². The molecule has 0 spiro atoms. The molecule has 1 aromatic heterocycles. The number of nitrogens with one attached hydrogen (secondary N) is 1. The van der Waals surface area contributed by atoms with Crippen molar-refractivity contribution in [2.24, 2.45) is 5.10 Å². The number of carbonyl (C=O) groups excluding carboxylic acids is 1. The number of hydrogen-bond acceptors (Lipinski definition) is 6. The van der Waals surface area contributed by atoms with E-state index in [1.54, 1.807) is 24.4 Å². The van der Waals surface area contributed by atoms with Crippen LogP contribution in [0.15, 0.2) is 81.6 Å². The summed E-state index contributed by atoms with van der Waals surface area (Å²) >= 11 is 3.44. The lowest BCUT2D eigenvalue weighted by atomic mass is 10.1. The number of anilines is 1. The Balaban J connectivity index is 1.66. The maximum Gasteiger partial charge on any atom is 0.282 e. The van der Waals surface area contributed by atoms with Crippen LogP contribution in [-0.4, -0.2) is 35.5 Å². The van der Waals surface area contributed by atoms with E-state index in [4.69, 9.17) is 14.5 Å². The standard InChI is InChI=1S/C32H33BrN4O4/c1-6-8-23-15-22(16-28(40-5)30(23)41-19-29(38)35-25-12-9-20(3)10-13-25)18-34-37-31(21(4)7-2)36-27-14-11-24(33)17-26(27)32(37)39/h6,9-18,21H,1,7-8,19H2,2-5H3,(H,35,38)/t21-/m1/s1. The maximum absolute atomic E-state index is 13.5. The highest BCUT2D eigenvalue weighted by molar-refractivity contribution is 9.10. The molecule has 0 aliphatic heterocycles. The van der Waals surface area contributed by atoms with Gasteiger partial charge < -0.3 is 14.8 Å². The molecule has 1 amide bonds. The lowest BCUT2D eigenvalue weighted by Crippen LogP contribution is -2.23. The van der Waals surface area contributed by atoms with Crippen molar-refractivity contribution in [1.29, 1.82) is 0 Å². The third-order valence-corrected chi connectivity index (χ3v) is 7.12. The van der Waals surface area contributed by atoms with E-state index in [9.17, 15) is 9.59 Å². The molecule has 8 nitrogen and oxygen atoms in total. The van der Waals surface area contributed by atoms with Crippen molar-refractivity contribution in [2.45, 2.75) is 39.5 Å². The van der Waals surface area contributed by atoms with E-state index in [1.807, 2.05) is 63.2 Å². The van der Waals surface area contributed by atoms with Crippen LogP contribution in [0.1, 0.15) is 48.7 Å². The molecule has 1 N–H and O–H groups in total. The second-order valence-corrected chi connectivity index (χ2v) is 10.6. The summed E-state index contributed by atoms with van der Waals surface area (Å²) < 4.78 is 13.7. The molecule has 9 heteroatoms. The second-order valence-electron chi connectivity index (χ2n) is 9.71. The van der Waals surface area contributed by atoms with Crippen LogP contribution in [0, 0.1) is 6.92 Å².